The number of carboxylic acids is 1. The van der Waals surface area contributed by atoms with E-state index in [0.717, 1.165) is 31.2 Å². The number of ether oxygens (including phenoxy) is 1. The molecule has 0 radical (unpaired) electrons. The zero-order valence-corrected chi connectivity index (χ0v) is 14.2. The number of rotatable bonds is 9. The van der Waals surface area contributed by atoms with Crippen LogP contribution in [0.15, 0.2) is 36.4 Å². The van der Waals surface area contributed by atoms with Crippen LogP contribution in [0.3, 0.4) is 0 Å². The molecule has 4 nitrogen and oxygen atoms in total. The lowest BCUT2D eigenvalue weighted by atomic mass is 9.90. The fourth-order valence-corrected chi connectivity index (χ4v) is 3.30. The van der Waals surface area contributed by atoms with E-state index in [2.05, 4.69) is 19.1 Å². The Hall–Kier alpha value is -2.10. The van der Waals surface area contributed by atoms with E-state index in [0.29, 0.717) is 30.5 Å². The summed E-state index contributed by atoms with van der Waals surface area (Å²) >= 11 is 0. The fraction of sp³-hybridized carbons (Fsp3) is 0.500. The van der Waals surface area contributed by atoms with Crippen LogP contribution < -0.4 is 4.74 Å². The molecule has 1 aromatic carbocycles. The van der Waals surface area contributed by atoms with Gasteiger partial charge in [0.05, 0.1) is 13.0 Å². The molecule has 0 bridgehead atoms. The van der Waals surface area contributed by atoms with Crippen LogP contribution in [0, 0.1) is 11.8 Å². The van der Waals surface area contributed by atoms with E-state index in [9.17, 15) is 9.59 Å². The third-order valence-corrected chi connectivity index (χ3v) is 4.55. The quantitative estimate of drug-likeness (QED) is 0.694. The van der Waals surface area contributed by atoms with Gasteiger partial charge in [0, 0.05) is 12.3 Å². The second kappa shape index (κ2) is 9.26. The van der Waals surface area contributed by atoms with Gasteiger partial charge in [0.15, 0.2) is 0 Å². The first-order chi connectivity index (χ1) is 11.6. The molecular weight excluding hydrogens is 304 g/mol. The van der Waals surface area contributed by atoms with Crippen molar-refractivity contribution in [1.29, 1.82) is 0 Å². The monoisotopic (exact) mass is 330 g/mol. The van der Waals surface area contributed by atoms with Crippen LogP contribution >= 0.6 is 0 Å². The number of allylic oxidation sites excluding steroid dienone is 2. The number of carbonyl (C=O) groups excluding carboxylic acids is 1. The first kappa shape index (κ1) is 18.2. The highest BCUT2D eigenvalue weighted by molar-refractivity contribution is 5.83. The Morgan fingerprint density at radius 1 is 1.38 bits per heavy atom. The molecule has 1 aliphatic rings. The van der Waals surface area contributed by atoms with Crippen molar-refractivity contribution in [2.45, 2.75) is 45.4 Å². The van der Waals surface area contributed by atoms with Crippen molar-refractivity contribution in [1.82, 2.24) is 0 Å². The Morgan fingerprint density at radius 3 is 2.96 bits per heavy atom. The molecule has 1 saturated carbocycles. The fourth-order valence-electron chi connectivity index (χ4n) is 3.30. The average molecular weight is 330 g/mol. The molecule has 2 rings (SSSR count). The van der Waals surface area contributed by atoms with Crippen LogP contribution in [0.5, 0.6) is 5.75 Å². The maximum atomic E-state index is 12.0. The zero-order chi connectivity index (χ0) is 17.4. The lowest BCUT2D eigenvalue weighted by Crippen LogP contribution is -2.16. The Labute approximate surface area is 143 Å². The largest absolute Gasteiger partial charge is 0.494 e. The molecule has 130 valence electrons. The van der Waals surface area contributed by atoms with Crippen molar-refractivity contribution in [3.63, 3.8) is 0 Å². The number of carbonyl (C=O) groups is 2. The molecule has 1 N–H and O–H groups in total. The predicted octanol–water partition coefficient (Wildman–Crippen LogP) is 4.03. The summed E-state index contributed by atoms with van der Waals surface area (Å²) in [5.41, 5.74) is 0.735. The van der Waals surface area contributed by atoms with Crippen LogP contribution in [0.4, 0.5) is 0 Å². The zero-order valence-electron chi connectivity index (χ0n) is 14.2. The third kappa shape index (κ3) is 5.52. The van der Waals surface area contributed by atoms with Gasteiger partial charge in [-0.25, -0.2) is 0 Å². The van der Waals surface area contributed by atoms with Crippen LogP contribution in [-0.2, 0) is 16.0 Å². The predicted molar refractivity (Wildman–Crippen MR) is 93.2 cm³/mol. The maximum Gasteiger partial charge on any atom is 0.307 e. The Kier molecular flexibility index (Phi) is 7.04. The highest BCUT2D eigenvalue weighted by Crippen LogP contribution is 2.34. The number of benzene rings is 1. The van der Waals surface area contributed by atoms with Gasteiger partial charge in [-0.05, 0) is 49.3 Å². The van der Waals surface area contributed by atoms with Gasteiger partial charge >= 0.3 is 5.97 Å². The van der Waals surface area contributed by atoms with Crippen molar-refractivity contribution >= 4 is 11.8 Å². The number of Topliss-reactive ketones (excluding diaryl/α,β-unsaturated/α-hetero) is 1. The average Bonchev–Trinajstić information content (AvgIpc) is 2.88. The van der Waals surface area contributed by atoms with Gasteiger partial charge in [-0.3, -0.25) is 9.59 Å². The minimum Gasteiger partial charge on any atom is -0.494 e. The van der Waals surface area contributed by atoms with E-state index in [-0.39, 0.29) is 12.3 Å². The van der Waals surface area contributed by atoms with Crippen molar-refractivity contribution in [3.05, 3.63) is 42.0 Å². The summed E-state index contributed by atoms with van der Waals surface area (Å²) in [5.74, 6) is 0.750. The van der Waals surface area contributed by atoms with Crippen molar-refractivity contribution in [2.75, 3.05) is 6.61 Å². The van der Waals surface area contributed by atoms with E-state index in [1.54, 1.807) is 12.1 Å². The standard InChI is InChI=1S/C20H26O4/c1-2-3-4-8-18-16(9-10-19(18)21)11-12-24-17-7-5-6-15(13-17)14-20(22)23/h3-7,13,16,18H,2,8-12,14H2,1H3,(H,22,23)/b4-3-/t16-,18-/m1/s1. The van der Waals surface area contributed by atoms with Gasteiger partial charge in [-0.15, -0.1) is 0 Å². The van der Waals surface area contributed by atoms with E-state index in [4.69, 9.17) is 9.84 Å². The minimum atomic E-state index is -0.848. The van der Waals surface area contributed by atoms with Crippen molar-refractivity contribution in [2.24, 2.45) is 11.8 Å². The number of hydrogen-bond acceptors (Lipinski definition) is 3. The number of hydrogen-bond donors (Lipinski definition) is 1. The van der Waals surface area contributed by atoms with Crippen LogP contribution in [0.1, 0.15) is 44.6 Å². The lowest BCUT2D eigenvalue weighted by Gasteiger charge is -2.17. The van der Waals surface area contributed by atoms with E-state index in [1.807, 2.05) is 12.1 Å². The van der Waals surface area contributed by atoms with Gasteiger partial charge in [0.1, 0.15) is 11.5 Å². The Bertz CT molecular complexity index is 591. The molecule has 1 fully saturated rings. The van der Waals surface area contributed by atoms with Gasteiger partial charge < -0.3 is 9.84 Å². The molecule has 0 spiro atoms. The molecule has 0 saturated heterocycles. The molecule has 0 unspecified atom stereocenters. The summed E-state index contributed by atoms with van der Waals surface area (Å²) < 4.78 is 5.78. The third-order valence-electron chi connectivity index (χ3n) is 4.55. The molecule has 1 aliphatic carbocycles. The minimum absolute atomic E-state index is 0.000163. The molecule has 24 heavy (non-hydrogen) atoms. The number of carboxylic acid groups (broad SMARTS) is 1. The van der Waals surface area contributed by atoms with E-state index < -0.39 is 5.97 Å². The van der Waals surface area contributed by atoms with Gasteiger partial charge in [-0.2, -0.15) is 0 Å². The van der Waals surface area contributed by atoms with Crippen LogP contribution in [-0.4, -0.2) is 23.5 Å². The maximum absolute atomic E-state index is 12.0. The SMILES string of the molecule is CC/C=C\C[C@H]1C(=O)CC[C@@H]1CCOc1cccc(CC(=O)O)c1. The molecule has 0 aliphatic heterocycles. The first-order valence-corrected chi connectivity index (χ1v) is 8.71. The summed E-state index contributed by atoms with van der Waals surface area (Å²) in [7, 11) is 0. The Morgan fingerprint density at radius 2 is 2.21 bits per heavy atom. The number of aliphatic carboxylic acids is 1. The summed E-state index contributed by atoms with van der Waals surface area (Å²) in [5, 5.41) is 8.84. The second-order valence-electron chi connectivity index (χ2n) is 6.34. The molecule has 0 aromatic heterocycles. The van der Waals surface area contributed by atoms with Crippen molar-refractivity contribution < 1.29 is 19.4 Å². The molecule has 4 heteroatoms. The van der Waals surface area contributed by atoms with Gasteiger partial charge in [0.2, 0.25) is 0 Å². The summed E-state index contributed by atoms with van der Waals surface area (Å²) in [6, 6.07) is 7.21. The summed E-state index contributed by atoms with van der Waals surface area (Å²) in [6.45, 7) is 2.65. The molecule has 1 aromatic rings. The summed E-state index contributed by atoms with van der Waals surface area (Å²) in [4.78, 5) is 22.8. The lowest BCUT2D eigenvalue weighted by molar-refractivity contribution is -0.136. The van der Waals surface area contributed by atoms with Crippen LogP contribution in [0.2, 0.25) is 0 Å². The van der Waals surface area contributed by atoms with Gasteiger partial charge in [0.25, 0.3) is 0 Å². The first-order valence-electron chi connectivity index (χ1n) is 8.71. The molecule has 2 atom stereocenters. The normalized spacial score (nSPS) is 20.6. The molecular formula is C20H26O4. The smallest absolute Gasteiger partial charge is 0.307 e. The molecule has 0 heterocycles. The van der Waals surface area contributed by atoms with Crippen LogP contribution in [0.25, 0.3) is 0 Å². The second-order valence-corrected chi connectivity index (χ2v) is 6.34. The topological polar surface area (TPSA) is 63.6 Å². The summed E-state index contributed by atoms with van der Waals surface area (Å²) in [6.07, 6.45) is 8.58. The highest BCUT2D eigenvalue weighted by atomic mass is 16.5. The van der Waals surface area contributed by atoms with E-state index >= 15 is 0 Å². The highest BCUT2D eigenvalue weighted by Gasteiger charge is 2.33. The Balaban J connectivity index is 1.83. The molecule has 0 amide bonds. The number of ketones is 1. The van der Waals surface area contributed by atoms with E-state index in [1.165, 1.54) is 0 Å². The van der Waals surface area contributed by atoms with Gasteiger partial charge in [-0.1, -0.05) is 31.2 Å². The van der Waals surface area contributed by atoms with Crippen molar-refractivity contribution in [3.8, 4) is 5.75 Å².